The Morgan fingerprint density at radius 3 is 2.27 bits per heavy atom. The Balaban J connectivity index is 3.04. The van der Waals surface area contributed by atoms with Crippen LogP contribution in [-0.4, -0.2) is 27.0 Å². The van der Waals surface area contributed by atoms with Gasteiger partial charge < -0.3 is 5.11 Å². The minimum Gasteiger partial charge on any atom is -0.477 e. The van der Waals surface area contributed by atoms with Gasteiger partial charge in [-0.2, -0.15) is 8.78 Å². The quantitative estimate of drug-likeness (QED) is 0.841. The van der Waals surface area contributed by atoms with Crippen molar-refractivity contribution in [3.63, 3.8) is 0 Å². The summed E-state index contributed by atoms with van der Waals surface area (Å²) in [7, 11) is 0. The predicted octanol–water partition coefficient (Wildman–Crippen LogP) is 2.05. The maximum atomic E-state index is 12.8. The van der Waals surface area contributed by atoms with Crippen LogP contribution in [-0.2, 0) is 11.2 Å². The van der Waals surface area contributed by atoms with Crippen molar-refractivity contribution in [1.29, 1.82) is 0 Å². The van der Waals surface area contributed by atoms with Crippen LogP contribution in [0.15, 0.2) is 6.33 Å². The van der Waals surface area contributed by atoms with E-state index in [0.717, 1.165) is 6.33 Å². The second-order valence-corrected chi connectivity index (χ2v) is 3.34. The molecule has 82 valence electrons. The van der Waals surface area contributed by atoms with Crippen LogP contribution in [0.1, 0.15) is 5.56 Å². The average molecular weight is 257 g/mol. The molecule has 4 nitrogen and oxygen atoms in total. The molecule has 0 spiro atoms. The number of hydrogen-bond donors (Lipinski definition) is 1. The molecular weight excluding hydrogens is 253 g/mol. The number of aliphatic carboxylic acids is 1. The van der Waals surface area contributed by atoms with Crippen molar-refractivity contribution >= 4 is 29.2 Å². The van der Waals surface area contributed by atoms with Crippen molar-refractivity contribution in [2.45, 2.75) is 12.3 Å². The zero-order chi connectivity index (χ0) is 11.6. The molecule has 0 bridgehead atoms. The third kappa shape index (κ3) is 2.73. The summed E-state index contributed by atoms with van der Waals surface area (Å²) in [5.74, 6) is -6.20. The Morgan fingerprint density at radius 1 is 1.40 bits per heavy atom. The molecule has 0 aliphatic rings. The maximum absolute atomic E-state index is 12.8. The minimum absolute atomic E-state index is 0.282. The van der Waals surface area contributed by atoms with Crippen LogP contribution in [0, 0.1) is 0 Å². The van der Waals surface area contributed by atoms with E-state index in [1.165, 1.54) is 0 Å². The first-order valence-electron chi connectivity index (χ1n) is 3.60. The summed E-state index contributed by atoms with van der Waals surface area (Å²) < 4.78 is 25.6. The highest BCUT2D eigenvalue weighted by Gasteiger charge is 2.40. The van der Waals surface area contributed by atoms with Gasteiger partial charge in [-0.1, -0.05) is 23.2 Å². The van der Waals surface area contributed by atoms with Crippen LogP contribution < -0.4 is 0 Å². The summed E-state index contributed by atoms with van der Waals surface area (Å²) in [6.07, 6.45) is -0.145. The Morgan fingerprint density at radius 2 is 1.87 bits per heavy atom. The number of carbonyl (C=O) groups is 1. The molecular formula is C7H4Cl2F2N2O2. The van der Waals surface area contributed by atoms with Crippen LogP contribution in [0.3, 0.4) is 0 Å². The summed E-state index contributed by atoms with van der Waals surface area (Å²) in [5, 5.41) is 7.64. The van der Waals surface area contributed by atoms with E-state index in [-0.39, 0.29) is 15.9 Å². The SMILES string of the molecule is O=C(O)C(F)(F)Cc1c(Cl)ncnc1Cl. The third-order valence-electron chi connectivity index (χ3n) is 1.55. The fourth-order valence-electron chi connectivity index (χ4n) is 0.815. The highest BCUT2D eigenvalue weighted by molar-refractivity contribution is 6.34. The van der Waals surface area contributed by atoms with Crippen LogP contribution in [0.2, 0.25) is 10.3 Å². The van der Waals surface area contributed by atoms with Crippen molar-refractivity contribution in [3.8, 4) is 0 Å². The number of aromatic nitrogens is 2. The summed E-state index contributed by atoms with van der Waals surface area (Å²) >= 11 is 11.0. The van der Waals surface area contributed by atoms with Gasteiger partial charge in [-0.3, -0.25) is 0 Å². The predicted molar refractivity (Wildman–Crippen MR) is 48.3 cm³/mol. The first-order chi connectivity index (χ1) is 6.84. The molecule has 0 saturated heterocycles. The molecule has 1 N–H and O–H groups in total. The molecule has 0 amide bonds. The Bertz CT molecular complexity index is 380. The van der Waals surface area contributed by atoms with Gasteiger partial charge in [0.25, 0.3) is 0 Å². The van der Waals surface area contributed by atoms with Crippen LogP contribution in [0.25, 0.3) is 0 Å². The lowest BCUT2D eigenvalue weighted by atomic mass is 10.1. The second-order valence-electron chi connectivity index (χ2n) is 2.62. The third-order valence-corrected chi connectivity index (χ3v) is 2.20. The van der Waals surface area contributed by atoms with Gasteiger partial charge >= 0.3 is 11.9 Å². The van der Waals surface area contributed by atoms with Gasteiger partial charge in [0.15, 0.2) is 0 Å². The molecule has 1 aromatic heterocycles. The summed E-state index contributed by atoms with van der Waals surface area (Å²) in [5.41, 5.74) is -0.284. The Kier molecular flexibility index (Phi) is 3.41. The van der Waals surface area contributed by atoms with E-state index in [9.17, 15) is 13.6 Å². The molecule has 1 rings (SSSR count). The molecule has 1 heterocycles. The number of halogens is 4. The molecule has 0 aromatic carbocycles. The van der Waals surface area contributed by atoms with E-state index in [1.807, 2.05) is 0 Å². The first-order valence-corrected chi connectivity index (χ1v) is 4.36. The number of carboxylic acids is 1. The van der Waals surface area contributed by atoms with Gasteiger partial charge in [-0.05, 0) is 0 Å². The fraction of sp³-hybridized carbons (Fsp3) is 0.286. The molecule has 8 heteroatoms. The monoisotopic (exact) mass is 256 g/mol. The van der Waals surface area contributed by atoms with Gasteiger partial charge in [0.2, 0.25) is 0 Å². The first kappa shape index (κ1) is 12.1. The highest BCUT2D eigenvalue weighted by atomic mass is 35.5. The minimum atomic E-state index is -3.95. The summed E-state index contributed by atoms with van der Waals surface area (Å²) in [6, 6.07) is 0. The largest absolute Gasteiger partial charge is 0.477 e. The van der Waals surface area contributed by atoms with Crippen molar-refractivity contribution in [3.05, 3.63) is 22.2 Å². The molecule has 0 aliphatic carbocycles. The molecule has 0 atom stereocenters. The maximum Gasteiger partial charge on any atom is 0.374 e. The normalized spacial score (nSPS) is 11.5. The zero-order valence-electron chi connectivity index (χ0n) is 7.05. The van der Waals surface area contributed by atoms with Crippen LogP contribution >= 0.6 is 23.2 Å². The number of rotatable bonds is 3. The van der Waals surface area contributed by atoms with Gasteiger partial charge in [-0.25, -0.2) is 14.8 Å². The van der Waals surface area contributed by atoms with Gasteiger partial charge in [0, 0.05) is 5.56 Å². The van der Waals surface area contributed by atoms with Crippen molar-refractivity contribution in [2.24, 2.45) is 0 Å². The van der Waals surface area contributed by atoms with Gasteiger partial charge in [0.05, 0.1) is 6.42 Å². The van der Waals surface area contributed by atoms with Crippen LogP contribution in [0.4, 0.5) is 8.78 Å². The van der Waals surface area contributed by atoms with Crippen molar-refractivity contribution < 1.29 is 18.7 Å². The van der Waals surface area contributed by atoms with E-state index < -0.39 is 18.3 Å². The number of nitrogens with zero attached hydrogens (tertiary/aromatic N) is 2. The van der Waals surface area contributed by atoms with Crippen LogP contribution in [0.5, 0.6) is 0 Å². The smallest absolute Gasteiger partial charge is 0.374 e. The number of hydrogen-bond acceptors (Lipinski definition) is 3. The van der Waals surface area contributed by atoms with E-state index in [4.69, 9.17) is 28.3 Å². The van der Waals surface area contributed by atoms with E-state index in [1.54, 1.807) is 0 Å². The van der Waals surface area contributed by atoms with E-state index in [2.05, 4.69) is 9.97 Å². The lowest BCUT2D eigenvalue weighted by Gasteiger charge is -2.11. The fourth-order valence-corrected chi connectivity index (χ4v) is 1.26. The van der Waals surface area contributed by atoms with Gasteiger partial charge in [0.1, 0.15) is 16.6 Å². The molecule has 0 fully saturated rings. The molecule has 0 aliphatic heterocycles. The van der Waals surface area contributed by atoms with Gasteiger partial charge in [-0.15, -0.1) is 0 Å². The average Bonchev–Trinajstić information content (AvgIpc) is 2.11. The topological polar surface area (TPSA) is 63.1 Å². The lowest BCUT2D eigenvalue weighted by molar-refractivity contribution is -0.164. The van der Waals surface area contributed by atoms with Crippen molar-refractivity contribution in [2.75, 3.05) is 0 Å². The standard InChI is InChI=1S/C7H4Cl2F2N2O2/c8-4-3(5(9)13-2-12-4)1-7(10,11)6(14)15/h2H,1H2,(H,14,15). The zero-order valence-corrected chi connectivity index (χ0v) is 8.56. The molecule has 0 radical (unpaired) electrons. The highest BCUT2D eigenvalue weighted by Crippen LogP contribution is 2.27. The van der Waals surface area contributed by atoms with E-state index >= 15 is 0 Å². The summed E-state index contributed by atoms with van der Waals surface area (Å²) in [4.78, 5) is 17.0. The molecule has 1 aromatic rings. The second kappa shape index (κ2) is 4.24. The Hall–Kier alpha value is -1.01. The summed E-state index contributed by atoms with van der Waals surface area (Å²) in [6.45, 7) is 0. The van der Waals surface area contributed by atoms with Crippen molar-refractivity contribution in [1.82, 2.24) is 9.97 Å². The lowest BCUT2D eigenvalue weighted by Crippen LogP contribution is -2.31. The molecule has 0 unspecified atom stereocenters. The number of alkyl halides is 2. The Labute approximate surface area is 92.9 Å². The number of carboxylic acid groups (broad SMARTS) is 1. The van der Waals surface area contributed by atoms with E-state index in [0.29, 0.717) is 0 Å². The molecule has 0 saturated carbocycles. The molecule has 15 heavy (non-hydrogen) atoms.